The molecule has 0 aromatic rings. The zero-order valence-electron chi connectivity index (χ0n) is 11.2. The summed E-state index contributed by atoms with van der Waals surface area (Å²) in [5.41, 5.74) is 6.02. The summed E-state index contributed by atoms with van der Waals surface area (Å²) in [6.07, 6.45) is 12.1. The Kier molecular flexibility index (Phi) is 5.64. The summed E-state index contributed by atoms with van der Waals surface area (Å²) in [5.74, 6) is 2.29. The Morgan fingerprint density at radius 1 is 1.29 bits per heavy atom. The van der Waals surface area contributed by atoms with Gasteiger partial charge in [0.15, 0.2) is 0 Å². The van der Waals surface area contributed by atoms with Gasteiger partial charge in [0, 0.05) is 18.6 Å². The lowest BCUT2D eigenvalue weighted by molar-refractivity contribution is 0.0664. The molecule has 100 valence electrons. The number of nitrogens with zero attached hydrogens (tertiary/aromatic N) is 1. The van der Waals surface area contributed by atoms with Crippen LogP contribution in [0.3, 0.4) is 0 Å². The highest BCUT2D eigenvalue weighted by Crippen LogP contribution is 2.38. The van der Waals surface area contributed by atoms with Crippen LogP contribution in [0.15, 0.2) is 0 Å². The third kappa shape index (κ3) is 3.39. The van der Waals surface area contributed by atoms with Crippen LogP contribution in [0.4, 0.5) is 0 Å². The molecule has 1 saturated heterocycles. The maximum atomic E-state index is 6.02. The second-order valence-corrected chi connectivity index (χ2v) is 6.65. The molecular formula is C14H28N2S. The van der Waals surface area contributed by atoms with Gasteiger partial charge >= 0.3 is 0 Å². The molecule has 2 N–H and O–H groups in total. The van der Waals surface area contributed by atoms with Crippen molar-refractivity contribution in [2.45, 2.75) is 57.0 Å². The van der Waals surface area contributed by atoms with E-state index in [9.17, 15) is 0 Å². The number of thioether (sulfide) groups is 1. The van der Waals surface area contributed by atoms with Gasteiger partial charge in [0.25, 0.3) is 0 Å². The van der Waals surface area contributed by atoms with Gasteiger partial charge in [-0.3, -0.25) is 4.90 Å². The van der Waals surface area contributed by atoms with Gasteiger partial charge in [-0.1, -0.05) is 6.42 Å². The van der Waals surface area contributed by atoms with Crippen LogP contribution in [0.1, 0.15) is 44.9 Å². The third-order valence-electron chi connectivity index (χ3n) is 4.66. The molecule has 1 aliphatic heterocycles. The highest BCUT2D eigenvalue weighted by molar-refractivity contribution is 7.98. The summed E-state index contributed by atoms with van der Waals surface area (Å²) in [6, 6.07) is 1.54. The molecule has 0 amide bonds. The fraction of sp³-hybridized carbons (Fsp3) is 1.00. The summed E-state index contributed by atoms with van der Waals surface area (Å²) in [4.78, 5) is 2.78. The molecule has 17 heavy (non-hydrogen) atoms. The molecule has 2 aliphatic rings. The largest absolute Gasteiger partial charge is 0.329 e. The molecule has 2 nitrogen and oxygen atoms in total. The Morgan fingerprint density at radius 2 is 2.12 bits per heavy atom. The average molecular weight is 256 g/mol. The van der Waals surface area contributed by atoms with Crippen LogP contribution in [0.2, 0.25) is 0 Å². The zero-order valence-corrected chi connectivity index (χ0v) is 12.1. The quantitative estimate of drug-likeness (QED) is 0.741. The first-order chi connectivity index (χ1) is 8.36. The van der Waals surface area contributed by atoms with Crippen molar-refractivity contribution in [2.24, 2.45) is 11.7 Å². The van der Waals surface area contributed by atoms with E-state index in [1.165, 1.54) is 57.2 Å². The van der Waals surface area contributed by atoms with E-state index in [1.807, 2.05) is 11.8 Å². The van der Waals surface area contributed by atoms with Gasteiger partial charge in [-0.05, 0) is 63.0 Å². The number of hydrogen-bond acceptors (Lipinski definition) is 3. The van der Waals surface area contributed by atoms with Gasteiger partial charge in [0.1, 0.15) is 0 Å². The van der Waals surface area contributed by atoms with Gasteiger partial charge in [-0.2, -0.15) is 11.8 Å². The van der Waals surface area contributed by atoms with E-state index in [0.717, 1.165) is 18.5 Å². The van der Waals surface area contributed by atoms with Crippen molar-refractivity contribution >= 4 is 11.8 Å². The summed E-state index contributed by atoms with van der Waals surface area (Å²) in [7, 11) is 0. The van der Waals surface area contributed by atoms with Crippen molar-refractivity contribution in [2.75, 3.05) is 25.1 Å². The van der Waals surface area contributed by atoms with Crippen molar-refractivity contribution in [1.82, 2.24) is 4.90 Å². The van der Waals surface area contributed by atoms with E-state index in [-0.39, 0.29) is 0 Å². The standard InChI is InChI=1S/C14H28N2S/c1-17-10-4-7-13(11-15)16-9-3-6-12-5-2-8-14(12)16/h12-14H,2-11,15H2,1H3. The highest BCUT2D eigenvalue weighted by atomic mass is 32.2. The van der Waals surface area contributed by atoms with E-state index in [1.54, 1.807) is 0 Å². The molecule has 1 aliphatic carbocycles. The van der Waals surface area contributed by atoms with Crippen LogP contribution in [0.25, 0.3) is 0 Å². The minimum Gasteiger partial charge on any atom is -0.329 e. The Hall–Kier alpha value is 0.270. The van der Waals surface area contributed by atoms with E-state index in [2.05, 4.69) is 11.2 Å². The van der Waals surface area contributed by atoms with Crippen LogP contribution in [-0.2, 0) is 0 Å². The van der Waals surface area contributed by atoms with E-state index in [0.29, 0.717) is 6.04 Å². The summed E-state index contributed by atoms with van der Waals surface area (Å²) < 4.78 is 0. The van der Waals surface area contributed by atoms with Gasteiger partial charge in [0.05, 0.1) is 0 Å². The fourth-order valence-electron chi connectivity index (χ4n) is 3.83. The van der Waals surface area contributed by atoms with Gasteiger partial charge < -0.3 is 5.73 Å². The molecule has 0 bridgehead atoms. The minimum absolute atomic E-state index is 0.660. The van der Waals surface area contributed by atoms with Crippen molar-refractivity contribution in [3.63, 3.8) is 0 Å². The number of piperidine rings is 1. The second kappa shape index (κ2) is 7.01. The van der Waals surface area contributed by atoms with Crippen molar-refractivity contribution in [3.8, 4) is 0 Å². The molecule has 0 radical (unpaired) electrons. The molecular weight excluding hydrogens is 228 g/mol. The lowest BCUT2D eigenvalue weighted by atomic mass is 9.90. The van der Waals surface area contributed by atoms with E-state index in [4.69, 9.17) is 5.73 Å². The predicted molar refractivity (Wildman–Crippen MR) is 77.5 cm³/mol. The second-order valence-electron chi connectivity index (χ2n) is 5.66. The smallest absolute Gasteiger partial charge is 0.0221 e. The monoisotopic (exact) mass is 256 g/mol. The summed E-state index contributed by atoms with van der Waals surface area (Å²) in [5, 5.41) is 0. The number of fused-ring (bicyclic) bond motifs is 1. The minimum atomic E-state index is 0.660. The molecule has 2 rings (SSSR count). The SMILES string of the molecule is CSCCCC(CN)N1CCCC2CCCC21. The fourth-order valence-corrected chi connectivity index (χ4v) is 4.28. The molecule has 0 aromatic heterocycles. The summed E-state index contributed by atoms with van der Waals surface area (Å²) in [6.45, 7) is 2.17. The number of hydrogen-bond donors (Lipinski definition) is 1. The lowest BCUT2D eigenvalue weighted by Crippen LogP contribution is -2.51. The van der Waals surface area contributed by atoms with Crippen molar-refractivity contribution in [3.05, 3.63) is 0 Å². The van der Waals surface area contributed by atoms with Gasteiger partial charge in [0.2, 0.25) is 0 Å². The van der Waals surface area contributed by atoms with Crippen LogP contribution in [0.5, 0.6) is 0 Å². The Bertz CT molecular complexity index is 222. The third-order valence-corrected chi connectivity index (χ3v) is 5.36. The Balaban J connectivity index is 1.88. The van der Waals surface area contributed by atoms with Crippen LogP contribution in [-0.4, -0.2) is 42.1 Å². The predicted octanol–water partition coefficient (Wildman–Crippen LogP) is 2.72. The molecule has 0 aromatic carbocycles. The van der Waals surface area contributed by atoms with E-state index >= 15 is 0 Å². The van der Waals surface area contributed by atoms with Crippen molar-refractivity contribution < 1.29 is 0 Å². The molecule has 3 heteroatoms. The molecule has 0 spiro atoms. The lowest BCUT2D eigenvalue weighted by Gasteiger charge is -2.42. The van der Waals surface area contributed by atoms with Crippen LogP contribution >= 0.6 is 11.8 Å². The van der Waals surface area contributed by atoms with Crippen LogP contribution in [0, 0.1) is 5.92 Å². The first-order valence-corrected chi connectivity index (χ1v) is 8.71. The molecule has 2 fully saturated rings. The van der Waals surface area contributed by atoms with Crippen molar-refractivity contribution in [1.29, 1.82) is 0 Å². The zero-order chi connectivity index (χ0) is 12.1. The van der Waals surface area contributed by atoms with Gasteiger partial charge in [-0.15, -0.1) is 0 Å². The number of rotatable bonds is 6. The maximum Gasteiger partial charge on any atom is 0.0221 e. The maximum absolute atomic E-state index is 6.02. The normalized spacial score (nSPS) is 31.4. The van der Waals surface area contributed by atoms with Crippen LogP contribution < -0.4 is 5.73 Å². The van der Waals surface area contributed by atoms with Gasteiger partial charge in [-0.25, -0.2) is 0 Å². The molecule has 1 heterocycles. The molecule has 3 unspecified atom stereocenters. The first-order valence-electron chi connectivity index (χ1n) is 7.31. The number of nitrogens with two attached hydrogens (primary N) is 1. The first kappa shape index (κ1) is 13.7. The number of likely N-dealkylation sites (tertiary alicyclic amines) is 1. The topological polar surface area (TPSA) is 29.3 Å². The van der Waals surface area contributed by atoms with E-state index < -0.39 is 0 Å². The highest BCUT2D eigenvalue weighted by Gasteiger charge is 2.37. The summed E-state index contributed by atoms with van der Waals surface area (Å²) >= 11 is 1.96. The average Bonchev–Trinajstić information content (AvgIpc) is 2.83. The Morgan fingerprint density at radius 3 is 2.88 bits per heavy atom. The Labute approximate surface area is 111 Å². The molecule has 1 saturated carbocycles. The molecule has 3 atom stereocenters.